The number of aliphatic carboxylic acids is 1. The van der Waals surface area contributed by atoms with Gasteiger partial charge in [0.2, 0.25) is 0 Å². The van der Waals surface area contributed by atoms with E-state index in [0.29, 0.717) is 11.5 Å². The number of carbonyl (C=O) groups is 1. The first-order valence-corrected chi connectivity index (χ1v) is 4.65. The van der Waals surface area contributed by atoms with Crippen molar-refractivity contribution >= 4 is 33.5 Å². The van der Waals surface area contributed by atoms with Crippen LogP contribution in [0, 0.1) is 0 Å². The summed E-state index contributed by atoms with van der Waals surface area (Å²) in [6.07, 6.45) is 1.35. The van der Waals surface area contributed by atoms with Gasteiger partial charge in [-0.25, -0.2) is 15.0 Å². The van der Waals surface area contributed by atoms with Gasteiger partial charge in [0.15, 0.2) is 5.65 Å². The molecule has 72 valence electrons. The predicted molar refractivity (Wildman–Crippen MR) is 51.3 cm³/mol. The van der Waals surface area contributed by atoms with E-state index in [1.54, 1.807) is 5.51 Å². The third kappa shape index (κ3) is 1.62. The zero-order valence-electron chi connectivity index (χ0n) is 6.97. The van der Waals surface area contributed by atoms with Crippen LogP contribution < -0.4 is 5.32 Å². The van der Waals surface area contributed by atoms with Crippen molar-refractivity contribution in [3.8, 4) is 0 Å². The maximum absolute atomic E-state index is 10.3. The standard InChI is InChI=1S/C7H6N4O2S/c12-4(13)1-8-6-5-7(10-2-9-6)11-3-14-5/h2-3H,1H2,(H,12,13)(H,8,9,10). The zero-order valence-corrected chi connectivity index (χ0v) is 7.78. The number of fused-ring (bicyclic) bond motifs is 1. The molecule has 0 aliphatic heterocycles. The summed E-state index contributed by atoms with van der Waals surface area (Å²) in [6, 6.07) is 0. The molecule has 14 heavy (non-hydrogen) atoms. The number of aromatic nitrogens is 3. The first-order valence-electron chi connectivity index (χ1n) is 3.77. The summed E-state index contributed by atoms with van der Waals surface area (Å²) in [5.74, 6) is -0.416. The van der Waals surface area contributed by atoms with Crippen molar-refractivity contribution in [3.05, 3.63) is 11.8 Å². The lowest BCUT2D eigenvalue weighted by atomic mass is 10.5. The van der Waals surface area contributed by atoms with Crippen LogP contribution in [0.3, 0.4) is 0 Å². The van der Waals surface area contributed by atoms with Gasteiger partial charge in [-0.3, -0.25) is 4.79 Å². The van der Waals surface area contributed by atoms with Gasteiger partial charge in [0.25, 0.3) is 0 Å². The van der Waals surface area contributed by atoms with Gasteiger partial charge in [0.05, 0.1) is 5.51 Å². The predicted octanol–water partition coefficient (Wildman–Crippen LogP) is 0.583. The molecule has 2 rings (SSSR count). The lowest BCUT2D eigenvalue weighted by Gasteiger charge is -2.01. The second-order valence-electron chi connectivity index (χ2n) is 2.47. The lowest BCUT2D eigenvalue weighted by Crippen LogP contribution is -2.13. The van der Waals surface area contributed by atoms with Gasteiger partial charge < -0.3 is 10.4 Å². The van der Waals surface area contributed by atoms with E-state index in [1.807, 2.05) is 0 Å². The third-order valence-corrected chi connectivity index (χ3v) is 2.36. The molecular formula is C7H6N4O2S. The molecule has 2 N–H and O–H groups in total. The van der Waals surface area contributed by atoms with E-state index in [4.69, 9.17) is 5.11 Å². The van der Waals surface area contributed by atoms with Gasteiger partial charge in [0.1, 0.15) is 23.4 Å². The van der Waals surface area contributed by atoms with E-state index in [2.05, 4.69) is 20.3 Å². The van der Waals surface area contributed by atoms with Crippen LogP contribution >= 0.6 is 11.3 Å². The Balaban J connectivity index is 2.32. The fourth-order valence-electron chi connectivity index (χ4n) is 0.979. The highest BCUT2D eigenvalue weighted by Gasteiger charge is 2.06. The quantitative estimate of drug-likeness (QED) is 0.770. The molecule has 0 bridgehead atoms. The Morgan fingerprint density at radius 1 is 1.50 bits per heavy atom. The first kappa shape index (κ1) is 8.82. The maximum Gasteiger partial charge on any atom is 0.322 e. The van der Waals surface area contributed by atoms with Crippen LogP contribution in [0.1, 0.15) is 0 Å². The molecule has 0 aromatic carbocycles. The van der Waals surface area contributed by atoms with Gasteiger partial charge in [-0.2, -0.15) is 0 Å². The number of anilines is 1. The molecule has 0 aliphatic rings. The van der Waals surface area contributed by atoms with Crippen molar-refractivity contribution in [1.29, 1.82) is 0 Å². The molecule has 2 aromatic heterocycles. The minimum atomic E-state index is -0.929. The molecule has 0 saturated carbocycles. The van der Waals surface area contributed by atoms with Crippen molar-refractivity contribution in [2.24, 2.45) is 0 Å². The molecule has 0 spiro atoms. The number of carboxylic acids is 1. The van der Waals surface area contributed by atoms with Gasteiger partial charge in [-0.05, 0) is 0 Å². The van der Waals surface area contributed by atoms with Gasteiger partial charge in [-0.1, -0.05) is 0 Å². The maximum atomic E-state index is 10.3. The molecule has 2 aromatic rings. The smallest absolute Gasteiger partial charge is 0.322 e. The van der Waals surface area contributed by atoms with Crippen molar-refractivity contribution in [1.82, 2.24) is 15.0 Å². The van der Waals surface area contributed by atoms with E-state index >= 15 is 0 Å². The van der Waals surface area contributed by atoms with Crippen molar-refractivity contribution in [2.75, 3.05) is 11.9 Å². The second-order valence-corrected chi connectivity index (χ2v) is 3.33. The largest absolute Gasteiger partial charge is 0.480 e. The Labute approximate surface area is 82.6 Å². The molecule has 2 heterocycles. The van der Waals surface area contributed by atoms with Crippen LogP contribution in [-0.2, 0) is 4.79 Å². The fraction of sp³-hybridized carbons (Fsp3) is 0.143. The van der Waals surface area contributed by atoms with Gasteiger partial charge in [0, 0.05) is 0 Å². The lowest BCUT2D eigenvalue weighted by molar-refractivity contribution is -0.134. The molecule has 7 heteroatoms. The topological polar surface area (TPSA) is 88.0 Å². The zero-order chi connectivity index (χ0) is 9.97. The molecule has 0 amide bonds. The molecule has 0 atom stereocenters. The minimum Gasteiger partial charge on any atom is -0.480 e. The average Bonchev–Trinajstić information content (AvgIpc) is 2.62. The van der Waals surface area contributed by atoms with E-state index in [9.17, 15) is 4.79 Å². The summed E-state index contributed by atoms with van der Waals surface area (Å²) in [5, 5.41) is 11.2. The highest BCUT2D eigenvalue weighted by Crippen LogP contribution is 2.21. The molecule has 6 nitrogen and oxygen atoms in total. The number of carboxylic acid groups (broad SMARTS) is 1. The second kappa shape index (κ2) is 3.54. The summed E-state index contributed by atoms with van der Waals surface area (Å²) >= 11 is 1.37. The van der Waals surface area contributed by atoms with Crippen molar-refractivity contribution in [3.63, 3.8) is 0 Å². The number of hydrogen-bond donors (Lipinski definition) is 2. The molecular weight excluding hydrogens is 204 g/mol. The van der Waals surface area contributed by atoms with Crippen LogP contribution in [0.25, 0.3) is 10.3 Å². The fourth-order valence-corrected chi connectivity index (χ4v) is 1.68. The summed E-state index contributed by atoms with van der Waals surface area (Å²) in [4.78, 5) is 22.2. The van der Waals surface area contributed by atoms with Gasteiger partial charge in [-0.15, -0.1) is 11.3 Å². The number of nitrogens with zero attached hydrogens (tertiary/aromatic N) is 3. The molecule has 0 aliphatic carbocycles. The summed E-state index contributed by atoms with van der Waals surface area (Å²) < 4.78 is 0.772. The highest BCUT2D eigenvalue weighted by atomic mass is 32.1. The molecule has 0 radical (unpaired) electrons. The Morgan fingerprint density at radius 3 is 3.14 bits per heavy atom. The van der Waals surface area contributed by atoms with Crippen LogP contribution in [0.15, 0.2) is 11.8 Å². The summed E-state index contributed by atoms with van der Waals surface area (Å²) in [7, 11) is 0. The molecule has 0 fully saturated rings. The van der Waals surface area contributed by atoms with Crippen LogP contribution in [-0.4, -0.2) is 32.6 Å². The Morgan fingerprint density at radius 2 is 2.36 bits per heavy atom. The van der Waals surface area contributed by atoms with Gasteiger partial charge >= 0.3 is 5.97 Å². The SMILES string of the molecule is O=C(O)CNc1ncnc2ncsc12. The Kier molecular flexibility index (Phi) is 2.23. The molecule has 0 unspecified atom stereocenters. The molecule has 0 saturated heterocycles. The number of rotatable bonds is 3. The summed E-state index contributed by atoms with van der Waals surface area (Å²) in [5.41, 5.74) is 2.23. The van der Waals surface area contributed by atoms with E-state index in [1.165, 1.54) is 17.7 Å². The van der Waals surface area contributed by atoms with Crippen LogP contribution in [0.2, 0.25) is 0 Å². The highest BCUT2D eigenvalue weighted by molar-refractivity contribution is 7.17. The minimum absolute atomic E-state index is 0.163. The van der Waals surface area contributed by atoms with E-state index in [0.717, 1.165) is 4.70 Å². The number of thiazole rings is 1. The Bertz CT molecular complexity index is 469. The van der Waals surface area contributed by atoms with Crippen LogP contribution in [0.5, 0.6) is 0 Å². The van der Waals surface area contributed by atoms with Crippen molar-refractivity contribution in [2.45, 2.75) is 0 Å². The monoisotopic (exact) mass is 210 g/mol. The summed E-state index contributed by atoms with van der Waals surface area (Å²) in [6.45, 7) is -0.163. The number of nitrogens with one attached hydrogen (secondary N) is 1. The Hall–Kier alpha value is -1.76. The van der Waals surface area contributed by atoms with E-state index < -0.39 is 5.97 Å². The average molecular weight is 210 g/mol. The number of hydrogen-bond acceptors (Lipinski definition) is 6. The first-order chi connectivity index (χ1) is 6.77. The normalized spacial score (nSPS) is 10.3. The third-order valence-electron chi connectivity index (χ3n) is 1.54. The van der Waals surface area contributed by atoms with Crippen LogP contribution in [0.4, 0.5) is 5.82 Å². The van der Waals surface area contributed by atoms with Crippen molar-refractivity contribution < 1.29 is 9.90 Å². The van der Waals surface area contributed by atoms with E-state index in [-0.39, 0.29) is 6.54 Å².